The van der Waals surface area contributed by atoms with E-state index in [4.69, 9.17) is 7.85 Å². The largest absolute Gasteiger partial charge is 0.0988 e. The standard InChI is InChI=1S/C13H21B/c1-5-9-11(7-3)12(10-6-2)13(14)8-4/h6-7,10,13H,3,5,8-9H2,1-2,4H3/b10-6-,12-11-. The molecule has 0 amide bonds. The Morgan fingerprint density at radius 3 is 2.43 bits per heavy atom. The van der Waals surface area contributed by atoms with E-state index in [1.807, 2.05) is 19.1 Å². The van der Waals surface area contributed by atoms with Crippen molar-refractivity contribution in [1.82, 2.24) is 0 Å². The molecule has 0 saturated heterocycles. The van der Waals surface area contributed by atoms with E-state index in [0.717, 1.165) is 19.3 Å². The van der Waals surface area contributed by atoms with E-state index in [1.54, 1.807) is 0 Å². The molecule has 0 bridgehead atoms. The van der Waals surface area contributed by atoms with E-state index in [9.17, 15) is 0 Å². The van der Waals surface area contributed by atoms with Gasteiger partial charge in [0.25, 0.3) is 0 Å². The lowest BCUT2D eigenvalue weighted by molar-refractivity contribution is 0.867. The monoisotopic (exact) mass is 188 g/mol. The predicted molar refractivity (Wildman–Crippen MR) is 66.7 cm³/mol. The topological polar surface area (TPSA) is 0 Å². The zero-order chi connectivity index (χ0) is 11.0. The van der Waals surface area contributed by atoms with Crippen LogP contribution in [0.5, 0.6) is 0 Å². The predicted octanol–water partition coefficient (Wildman–Crippen LogP) is 4.21. The summed E-state index contributed by atoms with van der Waals surface area (Å²) in [7, 11) is 6.05. The average molecular weight is 188 g/mol. The van der Waals surface area contributed by atoms with Crippen LogP contribution in [0.1, 0.15) is 40.0 Å². The van der Waals surface area contributed by atoms with Crippen molar-refractivity contribution < 1.29 is 0 Å². The van der Waals surface area contributed by atoms with E-state index < -0.39 is 0 Å². The Morgan fingerprint density at radius 1 is 1.43 bits per heavy atom. The van der Waals surface area contributed by atoms with Crippen LogP contribution < -0.4 is 0 Å². The normalized spacial score (nSPS) is 15.4. The highest BCUT2D eigenvalue weighted by Gasteiger charge is 2.06. The molecule has 0 saturated carbocycles. The van der Waals surface area contributed by atoms with Crippen molar-refractivity contribution in [2.75, 3.05) is 0 Å². The molecule has 1 heteroatoms. The average Bonchev–Trinajstić information content (AvgIpc) is 2.22. The van der Waals surface area contributed by atoms with Crippen molar-refractivity contribution >= 4 is 7.85 Å². The van der Waals surface area contributed by atoms with Crippen molar-refractivity contribution in [2.24, 2.45) is 0 Å². The molecule has 14 heavy (non-hydrogen) atoms. The first-order valence-corrected chi connectivity index (χ1v) is 5.44. The quantitative estimate of drug-likeness (QED) is 0.432. The Kier molecular flexibility index (Phi) is 7.28. The Balaban J connectivity index is 4.96. The van der Waals surface area contributed by atoms with E-state index in [1.165, 1.54) is 11.1 Å². The second kappa shape index (κ2) is 7.67. The van der Waals surface area contributed by atoms with Gasteiger partial charge >= 0.3 is 0 Å². The van der Waals surface area contributed by atoms with E-state index >= 15 is 0 Å². The maximum absolute atomic E-state index is 6.05. The summed E-state index contributed by atoms with van der Waals surface area (Å²) in [6.07, 6.45) is 9.27. The van der Waals surface area contributed by atoms with E-state index in [0.29, 0.717) is 0 Å². The molecule has 0 heterocycles. The number of hydrogen-bond acceptors (Lipinski definition) is 0. The van der Waals surface area contributed by atoms with Crippen molar-refractivity contribution in [1.29, 1.82) is 0 Å². The smallest absolute Gasteiger partial charge is 0.0763 e. The maximum atomic E-state index is 6.05. The second-order valence-electron chi connectivity index (χ2n) is 3.45. The first-order chi connectivity index (χ1) is 6.71. The molecule has 2 radical (unpaired) electrons. The highest BCUT2D eigenvalue weighted by molar-refractivity contribution is 6.14. The molecule has 0 aliphatic rings. The number of hydrogen-bond donors (Lipinski definition) is 0. The molecule has 76 valence electrons. The van der Waals surface area contributed by atoms with Crippen LogP contribution >= 0.6 is 0 Å². The molecule has 0 nitrogen and oxygen atoms in total. The van der Waals surface area contributed by atoms with Gasteiger partial charge < -0.3 is 0 Å². The number of allylic oxidation sites excluding steroid dienone is 5. The van der Waals surface area contributed by atoms with Gasteiger partial charge in [0.05, 0.1) is 7.85 Å². The fraction of sp³-hybridized carbons (Fsp3) is 0.538. The molecule has 0 aliphatic carbocycles. The molecular weight excluding hydrogens is 167 g/mol. The van der Waals surface area contributed by atoms with Gasteiger partial charge in [-0.2, -0.15) is 0 Å². The highest BCUT2D eigenvalue weighted by atomic mass is 14.1. The fourth-order valence-corrected chi connectivity index (χ4v) is 1.50. The minimum absolute atomic E-state index is 0.144. The summed E-state index contributed by atoms with van der Waals surface area (Å²) in [6, 6.07) is 0. The van der Waals surface area contributed by atoms with Crippen LogP contribution in [-0.4, -0.2) is 7.85 Å². The van der Waals surface area contributed by atoms with Crippen LogP contribution in [0.2, 0.25) is 5.82 Å². The van der Waals surface area contributed by atoms with Crippen LogP contribution in [0.3, 0.4) is 0 Å². The molecular formula is C13H21B. The summed E-state index contributed by atoms with van der Waals surface area (Å²) in [5, 5.41) is 0. The van der Waals surface area contributed by atoms with Gasteiger partial charge in [0.15, 0.2) is 0 Å². The van der Waals surface area contributed by atoms with E-state index in [-0.39, 0.29) is 5.82 Å². The molecule has 0 N–H and O–H groups in total. The summed E-state index contributed by atoms with van der Waals surface area (Å²) in [4.78, 5) is 0. The van der Waals surface area contributed by atoms with Gasteiger partial charge in [-0.15, -0.1) is 0 Å². The van der Waals surface area contributed by atoms with Crippen LogP contribution in [-0.2, 0) is 0 Å². The third-order valence-corrected chi connectivity index (χ3v) is 2.32. The first-order valence-electron chi connectivity index (χ1n) is 5.44. The summed E-state index contributed by atoms with van der Waals surface area (Å²) in [6.45, 7) is 10.2. The van der Waals surface area contributed by atoms with Crippen LogP contribution in [0.25, 0.3) is 0 Å². The third-order valence-electron chi connectivity index (χ3n) is 2.32. The lowest BCUT2D eigenvalue weighted by atomic mass is 9.76. The zero-order valence-electron chi connectivity index (χ0n) is 9.72. The Morgan fingerprint density at radius 2 is 2.07 bits per heavy atom. The maximum Gasteiger partial charge on any atom is 0.0763 e. The Hall–Kier alpha value is -0.715. The van der Waals surface area contributed by atoms with Crippen molar-refractivity contribution in [3.8, 4) is 0 Å². The summed E-state index contributed by atoms with van der Waals surface area (Å²) in [5.41, 5.74) is 2.53. The minimum atomic E-state index is 0.144. The second-order valence-corrected chi connectivity index (χ2v) is 3.45. The lowest BCUT2D eigenvalue weighted by Crippen LogP contribution is -1.97. The summed E-state index contributed by atoms with van der Waals surface area (Å²) >= 11 is 0. The van der Waals surface area contributed by atoms with Gasteiger partial charge in [-0.05, 0) is 18.9 Å². The zero-order valence-corrected chi connectivity index (χ0v) is 9.72. The Bertz CT molecular complexity index is 223. The molecule has 0 aromatic carbocycles. The van der Waals surface area contributed by atoms with Crippen molar-refractivity contribution in [2.45, 2.75) is 45.9 Å². The Labute approximate surface area is 90.2 Å². The van der Waals surface area contributed by atoms with Crippen LogP contribution in [0.4, 0.5) is 0 Å². The van der Waals surface area contributed by atoms with Gasteiger partial charge in [-0.3, -0.25) is 0 Å². The molecule has 1 unspecified atom stereocenters. The summed E-state index contributed by atoms with van der Waals surface area (Å²) in [5.74, 6) is 0.144. The molecule has 0 rings (SSSR count). The van der Waals surface area contributed by atoms with Gasteiger partial charge in [0.2, 0.25) is 0 Å². The van der Waals surface area contributed by atoms with Gasteiger partial charge in [0, 0.05) is 0 Å². The number of rotatable bonds is 6. The summed E-state index contributed by atoms with van der Waals surface area (Å²) < 4.78 is 0. The van der Waals surface area contributed by atoms with Crippen LogP contribution in [0.15, 0.2) is 36.0 Å². The fourth-order valence-electron chi connectivity index (χ4n) is 1.50. The van der Waals surface area contributed by atoms with Crippen LogP contribution in [0, 0.1) is 0 Å². The molecule has 0 fully saturated rings. The molecule has 0 spiro atoms. The molecule has 0 aliphatic heterocycles. The van der Waals surface area contributed by atoms with Gasteiger partial charge in [-0.25, -0.2) is 0 Å². The molecule has 0 aromatic rings. The lowest BCUT2D eigenvalue weighted by Gasteiger charge is -2.15. The van der Waals surface area contributed by atoms with E-state index in [2.05, 4.69) is 26.5 Å². The van der Waals surface area contributed by atoms with Gasteiger partial charge in [-0.1, -0.05) is 62.9 Å². The third kappa shape index (κ3) is 4.00. The first kappa shape index (κ1) is 13.3. The molecule has 0 aromatic heterocycles. The highest BCUT2D eigenvalue weighted by Crippen LogP contribution is 2.25. The van der Waals surface area contributed by atoms with Gasteiger partial charge in [0.1, 0.15) is 0 Å². The SMILES string of the molecule is [B]C(CC)C(/C=C\C)=C(/C=C)CCC. The van der Waals surface area contributed by atoms with Crippen molar-refractivity contribution in [3.05, 3.63) is 36.0 Å². The molecule has 1 atom stereocenters. The minimum Gasteiger partial charge on any atom is -0.0988 e. The van der Waals surface area contributed by atoms with Crippen molar-refractivity contribution in [3.63, 3.8) is 0 Å².